The third kappa shape index (κ3) is 2.32. The van der Waals surface area contributed by atoms with Crippen molar-refractivity contribution in [1.82, 2.24) is 0 Å². The van der Waals surface area contributed by atoms with Crippen molar-refractivity contribution in [2.45, 2.75) is 25.7 Å². The van der Waals surface area contributed by atoms with Crippen molar-refractivity contribution >= 4 is 5.78 Å². The Morgan fingerprint density at radius 1 is 1.19 bits per heavy atom. The summed E-state index contributed by atoms with van der Waals surface area (Å²) in [5.74, 6) is 1.44. The number of rotatable bonds is 2. The predicted octanol–water partition coefficient (Wildman–Crippen LogP) is 3.09. The number of hydrogen-bond donors (Lipinski definition) is 0. The first-order valence-corrected chi connectivity index (χ1v) is 5.53. The fourth-order valence-electron chi connectivity index (χ4n) is 2.21. The topological polar surface area (TPSA) is 26.3 Å². The second kappa shape index (κ2) is 4.52. The molecule has 0 amide bonds. The largest absolute Gasteiger partial charge is 0.497 e. The fourth-order valence-corrected chi connectivity index (χ4v) is 2.21. The molecule has 0 bridgehead atoms. The molecular formula is C14H16O2. The molecule has 1 atom stereocenters. The Morgan fingerprint density at radius 2 is 1.88 bits per heavy atom. The molecule has 2 nitrogen and oxygen atoms in total. The van der Waals surface area contributed by atoms with E-state index in [1.54, 1.807) is 13.2 Å². The Hall–Kier alpha value is -1.57. The predicted molar refractivity (Wildman–Crippen MR) is 63.7 cm³/mol. The summed E-state index contributed by atoms with van der Waals surface area (Å²) in [5, 5.41) is 0. The number of ketones is 1. The van der Waals surface area contributed by atoms with E-state index in [1.165, 1.54) is 11.1 Å². The minimum atomic E-state index is 0.240. The van der Waals surface area contributed by atoms with Gasteiger partial charge in [-0.25, -0.2) is 0 Å². The van der Waals surface area contributed by atoms with E-state index >= 15 is 0 Å². The van der Waals surface area contributed by atoms with E-state index in [4.69, 9.17) is 4.74 Å². The Morgan fingerprint density at radius 3 is 2.44 bits per heavy atom. The lowest BCUT2D eigenvalue weighted by Crippen LogP contribution is -2.11. The van der Waals surface area contributed by atoms with Gasteiger partial charge in [-0.15, -0.1) is 0 Å². The van der Waals surface area contributed by atoms with Gasteiger partial charge in [0.05, 0.1) is 7.11 Å². The lowest BCUT2D eigenvalue weighted by atomic mass is 9.84. The molecule has 1 aromatic rings. The first-order valence-electron chi connectivity index (χ1n) is 5.53. The van der Waals surface area contributed by atoms with E-state index in [0.29, 0.717) is 12.3 Å². The average molecular weight is 216 g/mol. The van der Waals surface area contributed by atoms with E-state index in [0.717, 1.165) is 12.2 Å². The highest BCUT2D eigenvalue weighted by Crippen LogP contribution is 2.31. The van der Waals surface area contributed by atoms with E-state index < -0.39 is 0 Å². The first kappa shape index (κ1) is 10.9. The van der Waals surface area contributed by atoms with Gasteiger partial charge in [0.1, 0.15) is 5.75 Å². The minimum Gasteiger partial charge on any atom is -0.497 e. The lowest BCUT2D eigenvalue weighted by Gasteiger charge is -2.20. The number of benzene rings is 1. The van der Waals surface area contributed by atoms with E-state index in [1.807, 2.05) is 19.1 Å². The van der Waals surface area contributed by atoms with Crippen molar-refractivity contribution in [3.05, 3.63) is 41.5 Å². The second-order valence-electron chi connectivity index (χ2n) is 4.34. The molecule has 1 aromatic carbocycles. The van der Waals surface area contributed by atoms with Crippen LogP contribution in [0.4, 0.5) is 0 Å². The Bertz CT molecular complexity index is 415. The van der Waals surface area contributed by atoms with Gasteiger partial charge in [-0.05, 0) is 43.0 Å². The zero-order chi connectivity index (χ0) is 11.5. The summed E-state index contributed by atoms with van der Waals surface area (Å²) in [6.07, 6.45) is 3.38. The molecular weight excluding hydrogens is 200 g/mol. The maximum absolute atomic E-state index is 11.5. The molecule has 1 aliphatic rings. The lowest BCUT2D eigenvalue weighted by molar-refractivity contribution is -0.115. The van der Waals surface area contributed by atoms with Gasteiger partial charge < -0.3 is 4.74 Å². The molecule has 16 heavy (non-hydrogen) atoms. The average Bonchev–Trinajstić information content (AvgIpc) is 2.28. The SMILES string of the molecule is COc1ccc(C2CC(=O)C=C(C)C2)cc1. The molecule has 1 unspecified atom stereocenters. The van der Waals surface area contributed by atoms with Crippen LogP contribution in [0.25, 0.3) is 0 Å². The molecule has 0 saturated heterocycles. The van der Waals surface area contributed by atoms with Crippen LogP contribution < -0.4 is 4.74 Å². The monoisotopic (exact) mass is 216 g/mol. The highest BCUT2D eigenvalue weighted by molar-refractivity contribution is 5.91. The van der Waals surface area contributed by atoms with Crippen LogP contribution in [-0.2, 0) is 4.79 Å². The Labute approximate surface area is 95.9 Å². The Kier molecular flexibility index (Phi) is 3.09. The van der Waals surface area contributed by atoms with Crippen LogP contribution in [0.3, 0.4) is 0 Å². The molecule has 0 heterocycles. The molecule has 0 aliphatic heterocycles. The van der Waals surface area contributed by atoms with Crippen LogP contribution >= 0.6 is 0 Å². The molecule has 1 aliphatic carbocycles. The van der Waals surface area contributed by atoms with Crippen LogP contribution in [0.2, 0.25) is 0 Å². The normalized spacial score (nSPS) is 20.5. The molecule has 2 heteroatoms. The van der Waals surface area contributed by atoms with Crippen LogP contribution in [0.1, 0.15) is 31.2 Å². The number of carbonyl (C=O) groups excluding carboxylic acids is 1. The molecule has 0 aromatic heterocycles. The highest BCUT2D eigenvalue weighted by atomic mass is 16.5. The van der Waals surface area contributed by atoms with E-state index in [9.17, 15) is 4.79 Å². The number of methoxy groups -OCH3 is 1. The van der Waals surface area contributed by atoms with Crippen molar-refractivity contribution < 1.29 is 9.53 Å². The third-order valence-electron chi connectivity index (χ3n) is 3.01. The zero-order valence-electron chi connectivity index (χ0n) is 9.69. The van der Waals surface area contributed by atoms with Crippen LogP contribution in [0.5, 0.6) is 5.75 Å². The van der Waals surface area contributed by atoms with Gasteiger partial charge in [-0.3, -0.25) is 4.79 Å². The van der Waals surface area contributed by atoms with Crippen molar-refractivity contribution in [2.75, 3.05) is 7.11 Å². The first-order chi connectivity index (χ1) is 7.69. The summed E-state index contributed by atoms with van der Waals surface area (Å²) in [6.45, 7) is 2.02. The molecule has 0 N–H and O–H groups in total. The smallest absolute Gasteiger partial charge is 0.156 e. The summed E-state index contributed by atoms with van der Waals surface area (Å²) in [6, 6.07) is 8.01. The number of allylic oxidation sites excluding steroid dienone is 2. The van der Waals surface area contributed by atoms with Gasteiger partial charge in [-0.2, -0.15) is 0 Å². The van der Waals surface area contributed by atoms with Crippen molar-refractivity contribution in [3.63, 3.8) is 0 Å². The summed E-state index contributed by atoms with van der Waals surface area (Å²) in [4.78, 5) is 11.5. The summed E-state index contributed by atoms with van der Waals surface area (Å²) < 4.78 is 5.12. The van der Waals surface area contributed by atoms with Gasteiger partial charge in [0, 0.05) is 6.42 Å². The quantitative estimate of drug-likeness (QED) is 0.759. The summed E-state index contributed by atoms with van der Waals surface area (Å²) in [7, 11) is 1.66. The number of ether oxygens (including phenoxy) is 1. The number of hydrogen-bond acceptors (Lipinski definition) is 2. The highest BCUT2D eigenvalue weighted by Gasteiger charge is 2.20. The Balaban J connectivity index is 2.18. The zero-order valence-corrected chi connectivity index (χ0v) is 9.69. The fraction of sp³-hybridized carbons (Fsp3) is 0.357. The standard InChI is InChI=1S/C14H16O2/c1-10-7-12(9-13(15)8-10)11-3-5-14(16-2)6-4-11/h3-6,8,12H,7,9H2,1-2H3. The maximum Gasteiger partial charge on any atom is 0.156 e. The van der Waals surface area contributed by atoms with Gasteiger partial charge in [0.15, 0.2) is 5.78 Å². The minimum absolute atomic E-state index is 0.240. The van der Waals surface area contributed by atoms with Gasteiger partial charge in [0.25, 0.3) is 0 Å². The maximum atomic E-state index is 11.5. The summed E-state index contributed by atoms with van der Waals surface area (Å²) >= 11 is 0. The van der Waals surface area contributed by atoms with Crippen molar-refractivity contribution in [3.8, 4) is 5.75 Å². The molecule has 0 fully saturated rings. The molecule has 0 saturated carbocycles. The van der Waals surface area contributed by atoms with Crippen LogP contribution in [0, 0.1) is 0 Å². The van der Waals surface area contributed by atoms with Crippen molar-refractivity contribution in [1.29, 1.82) is 0 Å². The van der Waals surface area contributed by atoms with Gasteiger partial charge >= 0.3 is 0 Å². The molecule has 84 valence electrons. The van der Waals surface area contributed by atoms with Crippen molar-refractivity contribution in [2.24, 2.45) is 0 Å². The van der Waals surface area contributed by atoms with Crippen LogP contribution in [0.15, 0.2) is 35.9 Å². The molecule has 0 spiro atoms. The van der Waals surface area contributed by atoms with Gasteiger partial charge in [-0.1, -0.05) is 17.7 Å². The number of carbonyl (C=O) groups is 1. The van der Waals surface area contributed by atoms with Crippen LogP contribution in [-0.4, -0.2) is 12.9 Å². The second-order valence-corrected chi connectivity index (χ2v) is 4.34. The third-order valence-corrected chi connectivity index (χ3v) is 3.01. The van der Waals surface area contributed by atoms with E-state index in [2.05, 4.69) is 12.1 Å². The molecule has 2 rings (SSSR count). The molecule has 0 radical (unpaired) electrons. The van der Waals surface area contributed by atoms with E-state index in [-0.39, 0.29) is 5.78 Å². The summed E-state index contributed by atoms with van der Waals surface area (Å²) in [5.41, 5.74) is 2.40. The van der Waals surface area contributed by atoms with Gasteiger partial charge in [0.2, 0.25) is 0 Å².